The number of ketones is 1. The fraction of sp³-hybridized carbons (Fsp3) is 0.310. The molecule has 0 aromatic heterocycles. The van der Waals surface area contributed by atoms with Gasteiger partial charge in [-0.2, -0.15) is 10.2 Å². The number of nitrogens with one attached hydrogen (secondary N) is 1. The third kappa shape index (κ3) is 8.07. The summed E-state index contributed by atoms with van der Waals surface area (Å²) in [4.78, 5) is 60.0. The third-order valence-corrected chi connectivity index (χ3v) is 12.9. The predicted molar refractivity (Wildman–Crippen MR) is 220 cm³/mol. The molecule has 3 heterocycles. The number of carboxylic acids is 1. The van der Waals surface area contributed by atoms with Crippen molar-refractivity contribution in [3.05, 3.63) is 107 Å². The Morgan fingerprint density at radius 1 is 1.00 bits per heavy atom. The number of phenolic OH excluding ortho intramolecular Hbond substituents is 1. The molecular formula is C42H42N6O6S2. The number of β-lactam (4-membered cyclic amide) rings is 1. The number of hydrogen-bond acceptors (Lipinski definition) is 11. The number of carbonyl (C=O) groups is 4. The van der Waals surface area contributed by atoms with Gasteiger partial charge in [0.05, 0.1) is 22.8 Å². The lowest BCUT2D eigenvalue weighted by Crippen LogP contribution is -2.70. The summed E-state index contributed by atoms with van der Waals surface area (Å²) in [7, 11) is 3.95. The number of amides is 2. The number of fused-ring (bicyclic) bond motifs is 3. The highest BCUT2D eigenvalue weighted by Gasteiger charge is 2.54. The van der Waals surface area contributed by atoms with E-state index >= 15 is 0 Å². The van der Waals surface area contributed by atoms with Crippen LogP contribution in [0.2, 0.25) is 0 Å². The van der Waals surface area contributed by atoms with Crippen LogP contribution in [0.3, 0.4) is 0 Å². The first-order valence-electron chi connectivity index (χ1n) is 18.4. The van der Waals surface area contributed by atoms with Crippen LogP contribution < -0.4 is 10.2 Å². The number of aromatic hydroxyl groups is 1. The van der Waals surface area contributed by atoms with Crippen molar-refractivity contribution in [1.29, 1.82) is 0 Å². The number of hydrogen-bond donors (Lipinski definition) is 3. The van der Waals surface area contributed by atoms with Gasteiger partial charge in [0.2, 0.25) is 5.91 Å². The smallest absolute Gasteiger partial charge is 0.352 e. The second-order valence-electron chi connectivity index (χ2n) is 14.5. The Morgan fingerprint density at radius 2 is 1.71 bits per heavy atom. The largest absolute Gasteiger partial charge is 0.508 e. The molecule has 56 heavy (non-hydrogen) atoms. The van der Waals surface area contributed by atoms with Crippen molar-refractivity contribution in [2.75, 3.05) is 30.5 Å². The SMILES string of the molecule is CN(C)c1ccc(N=Nc2ccc(SCC3=C(C(=O)O)N4C(=O)C(NC(=O)CCCCCC5(C)C6=CC(=O)C=CC6=Nc6ccc(O)cc65)C4SC3)cc2)cc1. The van der Waals surface area contributed by atoms with Crippen LogP contribution in [0.25, 0.3) is 0 Å². The summed E-state index contributed by atoms with van der Waals surface area (Å²) in [6, 6.07) is 19.6. The normalized spacial score (nSPS) is 21.2. The molecule has 1 fully saturated rings. The highest BCUT2D eigenvalue weighted by molar-refractivity contribution is 8.01. The Balaban J connectivity index is 0.892. The zero-order chi connectivity index (χ0) is 39.6. The van der Waals surface area contributed by atoms with E-state index in [0.717, 1.165) is 51.6 Å². The lowest BCUT2D eigenvalue weighted by atomic mass is 9.67. The van der Waals surface area contributed by atoms with Crippen molar-refractivity contribution < 1.29 is 29.4 Å². The molecule has 14 heteroatoms. The fourth-order valence-electron chi connectivity index (χ4n) is 7.36. The fourth-order valence-corrected chi connectivity index (χ4v) is 9.74. The number of rotatable bonds is 14. The van der Waals surface area contributed by atoms with Crippen LogP contribution in [0.4, 0.5) is 22.7 Å². The van der Waals surface area contributed by atoms with Crippen molar-refractivity contribution in [3.8, 4) is 5.75 Å². The summed E-state index contributed by atoms with van der Waals surface area (Å²) in [5.41, 5.74) is 5.80. The molecule has 3 unspecified atom stereocenters. The molecule has 3 atom stereocenters. The predicted octanol–water partition coefficient (Wildman–Crippen LogP) is 7.76. The summed E-state index contributed by atoms with van der Waals surface area (Å²) in [6.45, 7) is 2.06. The average molecular weight is 791 g/mol. The van der Waals surface area contributed by atoms with Crippen molar-refractivity contribution in [2.45, 2.75) is 60.8 Å². The van der Waals surface area contributed by atoms with E-state index in [2.05, 4.69) is 22.5 Å². The summed E-state index contributed by atoms with van der Waals surface area (Å²) in [5.74, 6) is -0.981. The molecule has 0 radical (unpaired) electrons. The van der Waals surface area contributed by atoms with Gasteiger partial charge in [-0.25, -0.2) is 9.79 Å². The molecule has 2 amide bonds. The second-order valence-corrected chi connectivity index (χ2v) is 16.6. The number of phenols is 1. The molecule has 7 rings (SSSR count). The highest BCUT2D eigenvalue weighted by Crippen LogP contribution is 2.48. The van der Waals surface area contributed by atoms with Gasteiger partial charge in [-0.15, -0.1) is 23.5 Å². The average Bonchev–Trinajstić information content (AvgIpc) is 3.19. The topological polar surface area (TPSA) is 164 Å². The van der Waals surface area contributed by atoms with Crippen LogP contribution in [0.1, 0.15) is 44.6 Å². The molecule has 3 aromatic carbocycles. The molecule has 0 saturated carbocycles. The highest BCUT2D eigenvalue weighted by atomic mass is 32.2. The molecule has 3 aromatic rings. The van der Waals surface area contributed by atoms with E-state index in [-0.39, 0.29) is 29.6 Å². The summed E-state index contributed by atoms with van der Waals surface area (Å²) >= 11 is 2.94. The van der Waals surface area contributed by atoms with Gasteiger partial charge in [0.15, 0.2) is 5.78 Å². The van der Waals surface area contributed by atoms with E-state index in [9.17, 15) is 29.4 Å². The quantitative estimate of drug-likeness (QED) is 0.0487. The molecule has 4 aliphatic rings. The molecule has 12 nitrogen and oxygen atoms in total. The number of carboxylic acid groups (broad SMARTS) is 1. The van der Waals surface area contributed by atoms with E-state index in [1.54, 1.807) is 30.4 Å². The van der Waals surface area contributed by atoms with Gasteiger partial charge >= 0.3 is 5.97 Å². The van der Waals surface area contributed by atoms with Gasteiger partial charge in [-0.3, -0.25) is 19.3 Å². The number of anilines is 1. The van der Waals surface area contributed by atoms with Crippen LogP contribution in [-0.4, -0.2) is 81.4 Å². The first kappa shape index (κ1) is 38.8. The Morgan fingerprint density at radius 3 is 2.41 bits per heavy atom. The van der Waals surface area contributed by atoms with Gasteiger partial charge in [0.1, 0.15) is 22.9 Å². The number of benzene rings is 3. The maximum atomic E-state index is 13.3. The van der Waals surface area contributed by atoms with Crippen molar-refractivity contribution >= 4 is 75.6 Å². The van der Waals surface area contributed by atoms with Crippen LogP contribution in [0, 0.1) is 0 Å². The molecule has 3 N–H and O–H groups in total. The standard InChI is InChI=1S/C42H42N6O6S2/c1-42(32-21-29(49)14-18-34(32)43-35-19-15-30(50)22-33(35)42)20-6-4-5-7-36(51)44-37-39(52)48-38(41(53)54)25(24-56-40(37)48)23-55-31-16-10-27(11-17-31)46-45-26-8-12-28(13-9-26)47(2)3/h8-19,21-22,37,40,49H,4-7,20,23-24H2,1-3H3,(H,44,51)(H,53,54). The number of carbonyl (C=O) groups excluding carboxylic acids is 3. The van der Waals surface area contributed by atoms with Gasteiger partial charge in [0.25, 0.3) is 5.91 Å². The number of nitrogens with zero attached hydrogens (tertiary/aromatic N) is 5. The van der Waals surface area contributed by atoms with Crippen molar-refractivity contribution in [2.24, 2.45) is 15.2 Å². The zero-order valence-electron chi connectivity index (χ0n) is 31.3. The molecule has 1 saturated heterocycles. The van der Waals surface area contributed by atoms with Crippen molar-refractivity contribution in [3.63, 3.8) is 0 Å². The number of aliphatic carboxylic acids is 1. The Hall–Kier alpha value is -5.47. The molecule has 1 aliphatic carbocycles. The summed E-state index contributed by atoms with van der Waals surface area (Å²) in [6.07, 6.45) is 7.84. The van der Waals surface area contributed by atoms with Gasteiger partial charge in [-0.05, 0) is 115 Å². The van der Waals surface area contributed by atoms with Crippen LogP contribution in [-0.2, 0) is 24.6 Å². The maximum Gasteiger partial charge on any atom is 0.352 e. The summed E-state index contributed by atoms with van der Waals surface area (Å²) < 4.78 is 0. The number of thioether (sulfide) groups is 2. The van der Waals surface area contributed by atoms with E-state index < -0.39 is 28.7 Å². The van der Waals surface area contributed by atoms with Crippen LogP contribution in [0.5, 0.6) is 5.75 Å². The lowest BCUT2D eigenvalue weighted by Gasteiger charge is -2.49. The molecule has 288 valence electrons. The minimum absolute atomic E-state index is 0.00738. The number of aliphatic imine (C=N–C) groups is 1. The molecular weight excluding hydrogens is 749 g/mol. The van der Waals surface area contributed by atoms with Crippen LogP contribution in [0.15, 0.2) is 122 Å². The van der Waals surface area contributed by atoms with E-state index in [1.807, 2.05) is 67.5 Å². The Bertz CT molecular complexity index is 2230. The first-order chi connectivity index (χ1) is 26.9. The minimum Gasteiger partial charge on any atom is -0.508 e. The lowest BCUT2D eigenvalue weighted by molar-refractivity contribution is -0.150. The van der Waals surface area contributed by atoms with Gasteiger partial charge < -0.3 is 20.4 Å². The van der Waals surface area contributed by atoms with E-state index in [4.69, 9.17) is 4.99 Å². The maximum absolute atomic E-state index is 13.3. The van der Waals surface area contributed by atoms with Gasteiger partial charge in [0, 0.05) is 48.0 Å². The second kappa shape index (κ2) is 16.3. The van der Waals surface area contributed by atoms with Crippen molar-refractivity contribution in [1.82, 2.24) is 10.2 Å². The summed E-state index contributed by atoms with van der Waals surface area (Å²) in [5, 5.41) is 31.4. The first-order valence-corrected chi connectivity index (χ1v) is 20.4. The zero-order valence-corrected chi connectivity index (χ0v) is 32.9. The Kier molecular flexibility index (Phi) is 11.3. The molecule has 0 spiro atoms. The van der Waals surface area contributed by atoms with E-state index in [1.165, 1.54) is 34.5 Å². The van der Waals surface area contributed by atoms with Crippen LogP contribution >= 0.6 is 23.5 Å². The monoisotopic (exact) mass is 790 g/mol. The molecule has 0 bridgehead atoms. The number of unbranched alkanes of at least 4 members (excludes halogenated alkanes) is 2. The minimum atomic E-state index is -1.16. The van der Waals surface area contributed by atoms with E-state index in [0.29, 0.717) is 35.6 Å². The Labute approximate surface area is 333 Å². The third-order valence-electron chi connectivity index (χ3n) is 10.4. The van der Waals surface area contributed by atoms with Gasteiger partial charge in [-0.1, -0.05) is 19.8 Å². The number of allylic oxidation sites excluding steroid dienone is 4. The number of azo groups is 1. The molecule has 3 aliphatic heterocycles.